The number of nitrogens with two attached hydrogens (primary N) is 1. The van der Waals surface area contributed by atoms with Crippen LogP contribution in [0.2, 0.25) is 0 Å². The van der Waals surface area contributed by atoms with Gasteiger partial charge < -0.3 is 10.5 Å². The molecular formula is C9H21NO. The van der Waals surface area contributed by atoms with E-state index in [2.05, 4.69) is 13.8 Å². The number of ether oxygens (including phenoxy) is 1. The summed E-state index contributed by atoms with van der Waals surface area (Å²) in [4.78, 5) is 0. The molecule has 2 heteroatoms. The van der Waals surface area contributed by atoms with E-state index >= 15 is 0 Å². The summed E-state index contributed by atoms with van der Waals surface area (Å²) < 4.78 is 5.34. The molecule has 2 nitrogen and oxygen atoms in total. The van der Waals surface area contributed by atoms with Crippen molar-refractivity contribution in [1.29, 1.82) is 0 Å². The van der Waals surface area contributed by atoms with Crippen LogP contribution in [0.5, 0.6) is 0 Å². The smallest absolute Gasteiger partial charge is 0.0478 e. The van der Waals surface area contributed by atoms with E-state index in [-0.39, 0.29) is 0 Å². The van der Waals surface area contributed by atoms with Crippen molar-refractivity contribution < 1.29 is 4.74 Å². The van der Waals surface area contributed by atoms with Gasteiger partial charge in [-0.3, -0.25) is 0 Å². The maximum Gasteiger partial charge on any atom is 0.0478 e. The largest absolute Gasteiger partial charge is 0.381 e. The fraction of sp³-hybridized carbons (Fsp3) is 1.00. The van der Waals surface area contributed by atoms with Gasteiger partial charge in [-0.25, -0.2) is 0 Å². The lowest BCUT2D eigenvalue weighted by atomic mass is 10.1. The molecule has 0 spiro atoms. The van der Waals surface area contributed by atoms with Crippen molar-refractivity contribution in [3.05, 3.63) is 0 Å². The van der Waals surface area contributed by atoms with Gasteiger partial charge in [0.05, 0.1) is 0 Å². The van der Waals surface area contributed by atoms with Gasteiger partial charge in [0.25, 0.3) is 0 Å². The first-order valence-corrected chi connectivity index (χ1v) is 4.55. The average molecular weight is 159 g/mol. The van der Waals surface area contributed by atoms with E-state index in [1.165, 1.54) is 12.8 Å². The van der Waals surface area contributed by atoms with E-state index in [1.807, 2.05) is 0 Å². The van der Waals surface area contributed by atoms with Crippen LogP contribution in [0, 0.1) is 5.92 Å². The van der Waals surface area contributed by atoms with E-state index in [0.29, 0.717) is 0 Å². The Balaban J connectivity index is 2.80. The molecule has 0 fully saturated rings. The van der Waals surface area contributed by atoms with Gasteiger partial charge in [-0.1, -0.05) is 13.8 Å². The van der Waals surface area contributed by atoms with Crippen LogP contribution in [-0.4, -0.2) is 19.8 Å². The monoisotopic (exact) mass is 159 g/mol. The summed E-state index contributed by atoms with van der Waals surface area (Å²) in [5, 5.41) is 0. The van der Waals surface area contributed by atoms with Gasteiger partial charge >= 0.3 is 0 Å². The van der Waals surface area contributed by atoms with Crippen molar-refractivity contribution in [1.82, 2.24) is 0 Å². The first-order chi connectivity index (χ1) is 5.27. The summed E-state index contributed by atoms with van der Waals surface area (Å²) in [6.07, 6.45) is 3.44. The maximum absolute atomic E-state index is 5.34. The Labute approximate surface area is 70.1 Å². The molecule has 0 unspecified atom stereocenters. The zero-order valence-corrected chi connectivity index (χ0v) is 7.81. The summed E-state index contributed by atoms with van der Waals surface area (Å²) in [5.74, 6) is 0.799. The zero-order chi connectivity index (χ0) is 8.53. The van der Waals surface area contributed by atoms with Crippen LogP contribution in [0.3, 0.4) is 0 Å². The van der Waals surface area contributed by atoms with E-state index < -0.39 is 0 Å². The second-order valence-corrected chi connectivity index (χ2v) is 3.29. The van der Waals surface area contributed by atoms with Gasteiger partial charge in [0, 0.05) is 13.2 Å². The maximum atomic E-state index is 5.34. The Kier molecular flexibility index (Phi) is 7.96. The summed E-state index contributed by atoms with van der Waals surface area (Å²) >= 11 is 0. The fourth-order valence-electron chi connectivity index (χ4n) is 0.881. The van der Waals surface area contributed by atoms with E-state index in [4.69, 9.17) is 10.5 Å². The summed E-state index contributed by atoms with van der Waals surface area (Å²) in [6, 6.07) is 0. The Bertz CT molecular complexity index is 74.0. The molecule has 0 aliphatic carbocycles. The standard InChI is InChI=1S/C9H21NO/c1-9(2)5-3-7-11-8-4-6-10/h9H,3-8,10H2,1-2H3. The number of hydrogen-bond donors (Lipinski definition) is 1. The molecule has 0 radical (unpaired) electrons. The fourth-order valence-corrected chi connectivity index (χ4v) is 0.881. The highest BCUT2D eigenvalue weighted by Gasteiger charge is 1.93. The lowest BCUT2D eigenvalue weighted by Gasteiger charge is -2.04. The molecule has 0 saturated carbocycles. The van der Waals surface area contributed by atoms with Gasteiger partial charge in [-0.15, -0.1) is 0 Å². The van der Waals surface area contributed by atoms with Crippen LogP contribution in [0.15, 0.2) is 0 Å². The molecule has 0 aromatic carbocycles. The van der Waals surface area contributed by atoms with Crippen molar-refractivity contribution in [3.63, 3.8) is 0 Å². The van der Waals surface area contributed by atoms with Crippen LogP contribution in [-0.2, 0) is 4.74 Å². The highest BCUT2D eigenvalue weighted by Crippen LogP contribution is 2.02. The summed E-state index contributed by atoms with van der Waals surface area (Å²) in [7, 11) is 0. The molecule has 0 saturated heterocycles. The third-order valence-electron chi connectivity index (χ3n) is 1.56. The molecular weight excluding hydrogens is 138 g/mol. The normalized spacial score (nSPS) is 10.9. The minimum Gasteiger partial charge on any atom is -0.381 e. The van der Waals surface area contributed by atoms with Crippen molar-refractivity contribution in [2.24, 2.45) is 11.7 Å². The Morgan fingerprint density at radius 1 is 1.18 bits per heavy atom. The number of rotatable bonds is 7. The molecule has 0 atom stereocenters. The first-order valence-electron chi connectivity index (χ1n) is 4.55. The van der Waals surface area contributed by atoms with Crippen molar-refractivity contribution in [2.75, 3.05) is 19.8 Å². The van der Waals surface area contributed by atoms with Crippen molar-refractivity contribution in [2.45, 2.75) is 33.1 Å². The lowest BCUT2D eigenvalue weighted by Crippen LogP contribution is -2.05. The second kappa shape index (κ2) is 8.02. The van der Waals surface area contributed by atoms with Gasteiger partial charge in [-0.05, 0) is 31.7 Å². The molecule has 0 aromatic heterocycles. The van der Waals surface area contributed by atoms with Gasteiger partial charge in [0.2, 0.25) is 0 Å². The van der Waals surface area contributed by atoms with E-state index in [9.17, 15) is 0 Å². The van der Waals surface area contributed by atoms with Crippen LogP contribution in [0.4, 0.5) is 0 Å². The first kappa shape index (κ1) is 10.9. The Hall–Kier alpha value is -0.0800. The van der Waals surface area contributed by atoms with Gasteiger partial charge in [0.1, 0.15) is 0 Å². The molecule has 0 bridgehead atoms. The van der Waals surface area contributed by atoms with Crippen LogP contribution < -0.4 is 5.73 Å². The van der Waals surface area contributed by atoms with E-state index in [0.717, 1.165) is 32.1 Å². The van der Waals surface area contributed by atoms with Gasteiger partial charge in [-0.2, -0.15) is 0 Å². The minimum atomic E-state index is 0.740. The SMILES string of the molecule is CC(C)CCCOCCCN. The van der Waals surface area contributed by atoms with Gasteiger partial charge in [0.15, 0.2) is 0 Å². The molecule has 0 aliphatic rings. The Morgan fingerprint density at radius 2 is 1.82 bits per heavy atom. The van der Waals surface area contributed by atoms with Crippen LogP contribution in [0.1, 0.15) is 33.1 Å². The van der Waals surface area contributed by atoms with Crippen molar-refractivity contribution in [3.8, 4) is 0 Å². The highest BCUT2D eigenvalue weighted by molar-refractivity contribution is 4.44. The molecule has 0 amide bonds. The summed E-state index contributed by atoms with van der Waals surface area (Å²) in [5.41, 5.74) is 5.31. The highest BCUT2D eigenvalue weighted by atomic mass is 16.5. The minimum absolute atomic E-state index is 0.740. The molecule has 2 N–H and O–H groups in total. The molecule has 68 valence electrons. The quantitative estimate of drug-likeness (QED) is 0.575. The third-order valence-corrected chi connectivity index (χ3v) is 1.56. The van der Waals surface area contributed by atoms with Crippen LogP contribution in [0.25, 0.3) is 0 Å². The molecule has 0 rings (SSSR count). The Morgan fingerprint density at radius 3 is 2.36 bits per heavy atom. The third kappa shape index (κ3) is 9.92. The predicted molar refractivity (Wildman–Crippen MR) is 48.6 cm³/mol. The molecule has 11 heavy (non-hydrogen) atoms. The second-order valence-electron chi connectivity index (χ2n) is 3.29. The van der Waals surface area contributed by atoms with Crippen LogP contribution >= 0.6 is 0 Å². The van der Waals surface area contributed by atoms with E-state index in [1.54, 1.807) is 0 Å². The summed E-state index contributed by atoms with van der Waals surface area (Å²) in [6.45, 7) is 6.94. The predicted octanol–water partition coefficient (Wildman–Crippen LogP) is 1.79. The topological polar surface area (TPSA) is 35.2 Å². The average Bonchev–Trinajstić information content (AvgIpc) is 1.96. The van der Waals surface area contributed by atoms with Crippen molar-refractivity contribution >= 4 is 0 Å². The molecule has 0 aliphatic heterocycles. The molecule has 0 heterocycles. The lowest BCUT2D eigenvalue weighted by molar-refractivity contribution is 0.127. The zero-order valence-electron chi connectivity index (χ0n) is 7.81. The molecule has 0 aromatic rings. The number of hydrogen-bond acceptors (Lipinski definition) is 2.